The van der Waals surface area contributed by atoms with Gasteiger partial charge in [0.15, 0.2) is 0 Å². The molecule has 0 aliphatic carbocycles. The standard InChI is InChI=1S/C7H13O2S/c1-7(2,3)4-5-9-6(8)10/h4-5H2,1-3H3. The van der Waals surface area contributed by atoms with Crippen molar-refractivity contribution >= 4 is 17.9 Å². The summed E-state index contributed by atoms with van der Waals surface area (Å²) in [4.78, 5) is 10.1. The molecule has 0 atom stereocenters. The molecular weight excluding hydrogens is 148 g/mol. The molecule has 0 aromatic rings. The lowest BCUT2D eigenvalue weighted by Crippen LogP contribution is -2.10. The van der Waals surface area contributed by atoms with E-state index >= 15 is 0 Å². The van der Waals surface area contributed by atoms with Gasteiger partial charge in [0.2, 0.25) is 0 Å². The van der Waals surface area contributed by atoms with Gasteiger partial charge in [-0.15, -0.1) is 0 Å². The van der Waals surface area contributed by atoms with Gasteiger partial charge in [-0.05, 0) is 11.8 Å². The number of hydrogen-bond donors (Lipinski definition) is 0. The predicted molar refractivity (Wildman–Crippen MR) is 43.0 cm³/mol. The van der Waals surface area contributed by atoms with Crippen molar-refractivity contribution in [1.29, 1.82) is 0 Å². The smallest absolute Gasteiger partial charge is 0.400 e. The Morgan fingerprint density at radius 2 is 2.00 bits per heavy atom. The number of ether oxygens (including phenoxy) is 1. The molecule has 0 aromatic carbocycles. The molecule has 0 saturated carbocycles. The number of carbonyl (C=O) groups is 1. The highest BCUT2D eigenvalue weighted by atomic mass is 32.1. The normalized spacial score (nSPS) is 11.1. The second-order valence-corrected chi connectivity index (χ2v) is 3.74. The van der Waals surface area contributed by atoms with Crippen molar-refractivity contribution in [2.45, 2.75) is 27.2 Å². The Morgan fingerprint density at radius 3 is 2.30 bits per heavy atom. The van der Waals surface area contributed by atoms with Crippen LogP contribution in [0.25, 0.3) is 0 Å². The second kappa shape index (κ2) is 3.76. The summed E-state index contributed by atoms with van der Waals surface area (Å²) in [5.74, 6) is 0. The zero-order valence-corrected chi connectivity index (χ0v) is 7.46. The molecule has 0 amide bonds. The SMILES string of the molecule is CC(C)(C)CCOC(=O)[S]. The molecule has 0 fully saturated rings. The first-order valence-electron chi connectivity index (χ1n) is 3.25. The van der Waals surface area contributed by atoms with E-state index in [-0.39, 0.29) is 5.41 Å². The molecule has 3 heteroatoms. The van der Waals surface area contributed by atoms with Crippen molar-refractivity contribution < 1.29 is 9.53 Å². The molecule has 1 radical (unpaired) electrons. The van der Waals surface area contributed by atoms with Crippen molar-refractivity contribution in [1.82, 2.24) is 0 Å². The first-order chi connectivity index (χ1) is 4.42. The van der Waals surface area contributed by atoms with Crippen LogP contribution >= 0.6 is 12.6 Å². The van der Waals surface area contributed by atoms with Gasteiger partial charge in [-0.2, -0.15) is 0 Å². The molecule has 0 spiro atoms. The van der Waals surface area contributed by atoms with E-state index in [1.807, 2.05) is 0 Å². The quantitative estimate of drug-likeness (QED) is 0.582. The van der Waals surface area contributed by atoms with Crippen LogP contribution in [0.1, 0.15) is 27.2 Å². The molecule has 0 N–H and O–H groups in total. The van der Waals surface area contributed by atoms with Crippen LogP contribution in [-0.2, 0) is 4.74 Å². The summed E-state index contributed by atoms with van der Waals surface area (Å²) in [6.07, 6.45) is 0.857. The van der Waals surface area contributed by atoms with Crippen molar-refractivity contribution in [2.75, 3.05) is 6.61 Å². The minimum absolute atomic E-state index is 0.213. The fourth-order valence-electron chi connectivity index (χ4n) is 0.441. The first kappa shape index (κ1) is 9.69. The average molecular weight is 161 g/mol. The fraction of sp³-hybridized carbons (Fsp3) is 0.857. The van der Waals surface area contributed by atoms with E-state index in [4.69, 9.17) is 0 Å². The topological polar surface area (TPSA) is 26.3 Å². The lowest BCUT2D eigenvalue weighted by atomic mass is 9.93. The Kier molecular flexibility index (Phi) is 3.64. The van der Waals surface area contributed by atoms with Crippen LogP contribution in [0.5, 0.6) is 0 Å². The van der Waals surface area contributed by atoms with Gasteiger partial charge in [-0.25, -0.2) is 4.79 Å². The van der Waals surface area contributed by atoms with E-state index in [0.717, 1.165) is 6.42 Å². The molecule has 0 rings (SSSR count). The van der Waals surface area contributed by atoms with E-state index in [1.54, 1.807) is 0 Å². The second-order valence-electron chi connectivity index (χ2n) is 3.41. The lowest BCUT2D eigenvalue weighted by molar-refractivity contribution is 0.157. The molecule has 2 nitrogen and oxygen atoms in total. The Morgan fingerprint density at radius 1 is 1.50 bits per heavy atom. The van der Waals surface area contributed by atoms with Gasteiger partial charge in [0.1, 0.15) is 0 Å². The highest BCUT2D eigenvalue weighted by Gasteiger charge is 2.10. The molecular formula is C7H13O2S. The van der Waals surface area contributed by atoms with Gasteiger partial charge >= 0.3 is 5.30 Å². The van der Waals surface area contributed by atoms with E-state index < -0.39 is 5.30 Å². The van der Waals surface area contributed by atoms with Crippen molar-refractivity contribution in [3.05, 3.63) is 0 Å². The monoisotopic (exact) mass is 161 g/mol. The van der Waals surface area contributed by atoms with Crippen LogP contribution in [0.2, 0.25) is 0 Å². The zero-order valence-electron chi connectivity index (χ0n) is 6.64. The van der Waals surface area contributed by atoms with E-state index in [1.165, 1.54) is 0 Å². The van der Waals surface area contributed by atoms with Crippen LogP contribution in [0.4, 0.5) is 4.79 Å². The third-order valence-electron chi connectivity index (χ3n) is 1.07. The van der Waals surface area contributed by atoms with Crippen LogP contribution in [0.15, 0.2) is 0 Å². The average Bonchev–Trinajstić information content (AvgIpc) is 1.59. The van der Waals surface area contributed by atoms with Gasteiger partial charge in [0.25, 0.3) is 0 Å². The summed E-state index contributed by atoms with van der Waals surface area (Å²) in [5, 5.41) is -0.607. The lowest BCUT2D eigenvalue weighted by Gasteiger charge is -2.16. The molecule has 0 bridgehead atoms. The minimum atomic E-state index is -0.607. The summed E-state index contributed by atoms with van der Waals surface area (Å²) in [5.41, 5.74) is 0.213. The van der Waals surface area contributed by atoms with Crippen molar-refractivity contribution in [2.24, 2.45) is 5.41 Å². The molecule has 0 unspecified atom stereocenters. The van der Waals surface area contributed by atoms with E-state index in [0.29, 0.717) is 6.61 Å². The van der Waals surface area contributed by atoms with Crippen molar-refractivity contribution in [3.8, 4) is 0 Å². The van der Waals surface area contributed by atoms with Gasteiger partial charge in [-0.1, -0.05) is 20.8 Å². The Hall–Kier alpha value is -0.310. The summed E-state index contributed by atoms with van der Waals surface area (Å²) < 4.78 is 4.59. The van der Waals surface area contributed by atoms with E-state index in [9.17, 15) is 4.79 Å². The maximum Gasteiger partial charge on any atom is 0.400 e. The molecule has 0 aromatic heterocycles. The van der Waals surface area contributed by atoms with Crippen LogP contribution in [0.3, 0.4) is 0 Å². The minimum Gasteiger partial charge on any atom is -0.454 e. The Bertz CT molecular complexity index is 115. The summed E-state index contributed by atoms with van der Waals surface area (Å²) in [6.45, 7) is 6.70. The van der Waals surface area contributed by atoms with Crippen LogP contribution < -0.4 is 0 Å². The maximum absolute atomic E-state index is 10.1. The number of rotatable bonds is 2. The molecule has 0 saturated heterocycles. The van der Waals surface area contributed by atoms with Crippen LogP contribution in [-0.4, -0.2) is 11.9 Å². The van der Waals surface area contributed by atoms with Gasteiger partial charge < -0.3 is 4.74 Å². The Balaban J connectivity index is 3.29. The number of carbonyl (C=O) groups excluding carboxylic acids is 1. The predicted octanol–water partition coefficient (Wildman–Crippen LogP) is 2.76. The third-order valence-corrected chi connectivity index (χ3v) is 1.19. The van der Waals surface area contributed by atoms with Gasteiger partial charge in [0.05, 0.1) is 6.61 Å². The Labute approximate surface area is 67.4 Å². The third kappa shape index (κ3) is 7.69. The van der Waals surface area contributed by atoms with Crippen molar-refractivity contribution in [3.63, 3.8) is 0 Å². The fourth-order valence-corrected chi connectivity index (χ4v) is 0.524. The van der Waals surface area contributed by atoms with Gasteiger partial charge in [-0.3, -0.25) is 0 Å². The molecule has 59 valence electrons. The largest absolute Gasteiger partial charge is 0.454 e. The molecule has 10 heavy (non-hydrogen) atoms. The van der Waals surface area contributed by atoms with Crippen LogP contribution in [0, 0.1) is 5.41 Å². The van der Waals surface area contributed by atoms with Gasteiger partial charge in [0, 0.05) is 12.6 Å². The zero-order chi connectivity index (χ0) is 8.20. The molecule has 0 aliphatic heterocycles. The maximum atomic E-state index is 10.1. The summed E-state index contributed by atoms with van der Waals surface area (Å²) >= 11 is 4.21. The van der Waals surface area contributed by atoms with E-state index in [2.05, 4.69) is 38.1 Å². The highest BCUT2D eigenvalue weighted by molar-refractivity contribution is 7.96. The number of hydrogen-bond acceptors (Lipinski definition) is 2. The summed E-state index contributed by atoms with van der Waals surface area (Å²) in [7, 11) is 0. The highest BCUT2D eigenvalue weighted by Crippen LogP contribution is 2.17. The summed E-state index contributed by atoms with van der Waals surface area (Å²) in [6, 6.07) is 0. The molecule has 0 aliphatic rings. The first-order valence-corrected chi connectivity index (χ1v) is 3.66. The molecule has 0 heterocycles.